The first kappa shape index (κ1) is 30.5. The van der Waals surface area contributed by atoms with E-state index in [-0.39, 0.29) is 0 Å². The van der Waals surface area contributed by atoms with Gasteiger partial charge in [-0.15, -0.1) is 0 Å². The van der Waals surface area contributed by atoms with E-state index in [2.05, 4.69) is 13.8 Å². The van der Waals surface area contributed by atoms with Gasteiger partial charge in [0.15, 0.2) is 0 Å². The number of benzene rings is 4. The third-order valence-electron chi connectivity index (χ3n) is 7.94. The lowest BCUT2D eigenvalue weighted by Crippen LogP contribution is -2.20. The molecule has 1 atom stereocenters. The van der Waals surface area contributed by atoms with Crippen LogP contribution in [0, 0.1) is 0 Å². The van der Waals surface area contributed by atoms with Gasteiger partial charge in [-0.05, 0) is 82.0 Å². The summed E-state index contributed by atoms with van der Waals surface area (Å²) in [7, 11) is 0. The lowest BCUT2D eigenvalue weighted by atomic mass is 9.83. The number of fused-ring (bicyclic) bond motifs is 1. The van der Waals surface area contributed by atoms with Crippen LogP contribution in [0.25, 0.3) is 0 Å². The summed E-state index contributed by atoms with van der Waals surface area (Å²) in [4.78, 5) is 40.2. The lowest BCUT2D eigenvalue weighted by Gasteiger charge is -2.28. The minimum absolute atomic E-state index is 0.349. The number of carbonyl (C=O) groups excluding carboxylic acids is 3. The molecule has 1 unspecified atom stereocenters. The Hall–Kier alpha value is -4.97. The number of carbonyl (C=O) groups is 3. The number of allylic oxidation sites excluding steroid dienone is 2. The molecule has 0 saturated carbocycles. The summed E-state index contributed by atoms with van der Waals surface area (Å²) in [6, 6.07) is 28.1. The monoisotopic (exact) mass is 588 g/mol. The Morgan fingerprint density at radius 1 is 0.659 bits per heavy atom. The van der Waals surface area contributed by atoms with Crippen molar-refractivity contribution in [1.82, 2.24) is 0 Å². The van der Waals surface area contributed by atoms with Crippen molar-refractivity contribution < 1.29 is 28.6 Å². The molecule has 0 aromatic heterocycles. The highest BCUT2D eigenvalue weighted by Crippen LogP contribution is 2.45. The molecule has 0 amide bonds. The average Bonchev–Trinajstić information content (AvgIpc) is 3.06. The molecule has 4 aromatic rings. The summed E-state index contributed by atoms with van der Waals surface area (Å²) in [6.07, 6.45) is 2.37. The Morgan fingerprint density at radius 3 is 1.66 bits per heavy atom. The standard InChI is InChI=1S/C38H36O6/c1-4-5-21-33(42-36(39)27-15-9-6-10-16-27)32-24-34(43-37(40)28-17-11-7-12-18-28)30-22-25(2)26(3)23-31(30)35(32)44-38(41)29-19-13-8-14-20-29/h6-20,24,33H,4-5,21-23H2,1-3H3. The van der Waals surface area contributed by atoms with Crippen molar-refractivity contribution >= 4 is 17.9 Å². The third-order valence-corrected chi connectivity index (χ3v) is 7.94. The molecule has 0 spiro atoms. The van der Waals surface area contributed by atoms with Crippen molar-refractivity contribution in [3.63, 3.8) is 0 Å². The first-order valence-electron chi connectivity index (χ1n) is 15.0. The predicted molar refractivity (Wildman–Crippen MR) is 169 cm³/mol. The van der Waals surface area contributed by atoms with Gasteiger partial charge >= 0.3 is 17.9 Å². The van der Waals surface area contributed by atoms with Crippen LogP contribution in [0.4, 0.5) is 0 Å². The Bertz CT molecular complexity index is 1670. The van der Waals surface area contributed by atoms with Gasteiger partial charge in [-0.25, -0.2) is 14.4 Å². The molecule has 4 aromatic carbocycles. The zero-order valence-electron chi connectivity index (χ0n) is 25.3. The molecule has 224 valence electrons. The highest BCUT2D eigenvalue weighted by molar-refractivity contribution is 5.93. The van der Waals surface area contributed by atoms with Crippen LogP contribution < -0.4 is 9.47 Å². The molecule has 6 heteroatoms. The Kier molecular flexibility index (Phi) is 9.70. The van der Waals surface area contributed by atoms with E-state index < -0.39 is 24.0 Å². The van der Waals surface area contributed by atoms with Crippen LogP contribution in [-0.2, 0) is 17.6 Å². The first-order valence-corrected chi connectivity index (χ1v) is 15.0. The van der Waals surface area contributed by atoms with Gasteiger partial charge in [0, 0.05) is 16.7 Å². The molecule has 6 nitrogen and oxygen atoms in total. The quantitative estimate of drug-likeness (QED) is 0.105. The van der Waals surface area contributed by atoms with E-state index in [1.807, 2.05) is 25.1 Å². The van der Waals surface area contributed by atoms with Crippen LogP contribution in [-0.4, -0.2) is 17.9 Å². The maximum atomic E-state index is 13.5. The molecule has 0 aliphatic heterocycles. The number of rotatable bonds is 10. The number of hydrogen-bond acceptors (Lipinski definition) is 6. The van der Waals surface area contributed by atoms with Gasteiger partial charge in [0.1, 0.15) is 17.6 Å². The van der Waals surface area contributed by atoms with Gasteiger partial charge in [-0.3, -0.25) is 0 Å². The van der Waals surface area contributed by atoms with Crippen LogP contribution >= 0.6 is 0 Å². The summed E-state index contributed by atoms with van der Waals surface area (Å²) in [6.45, 7) is 6.16. The maximum Gasteiger partial charge on any atom is 0.343 e. The van der Waals surface area contributed by atoms with Crippen LogP contribution in [0.5, 0.6) is 11.5 Å². The van der Waals surface area contributed by atoms with E-state index >= 15 is 0 Å². The summed E-state index contributed by atoms with van der Waals surface area (Å²) in [5.41, 5.74) is 5.55. The van der Waals surface area contributed by atoms with Gasteiger partial charge in [0.2, 0.25) is 0 Å². The fraction of sp³-hybridized carbons (Fsp3) is 0.237. The number of ether oxygens (including phenoxy) is 3. The topological polar surface area (TPSA) is 78.9 Å². The second kappa shape index (κ2) is 14.0. The number of unbranched alkanes of at least 4 members (excludes halogenated alkanes) is 1. The average molecular weight is 589 g/mol. The Balaban J connectivity index is 1.66. The molecule has 0 N–H and O–H groups in total. The number of hydrogen-bond donors (Lipinski definition) is 0. The first-order chi connectivity index (χ1) is 21.4. The molecule has 44 heavy (non-hydrogen) atoms. The molecule has 0 fully saturated rings. The van der Waals surface area contributed by atoms with Crippen molar-refractivity contribution in [2.45, 2.75) is 59.0 Å². The van der Waals surface area contributed by atoms with Crippen LogP contribution in [0.1, 0.15) is 93.9 Å². The van der Waals surface area contributed by atoms with Crippen molar-refractivity contribution in [3.8, 4) is 11.5 Å². The van der Waals surface area contributed by atoms with Gasteiger partial charge < -0.3 is 14.2 Å². The minimum atomic E-state index is -0.756. The van der Waals surface area contributed by atoms with E-state index in [4.69, 9.17) is 14.2 Å². The van der Waals surface area contributed by atoms with E-state index in [1.54, 1.807) is 78.9 Å². The van der Waals surface area contributed by atoms with Crippen LogP contribution in [0.3, 0.4) is 0 Å². The van der Waals surface area contributed by atoms with E-state index in [1.165, 1.54) is 0 Å². The van der Waals surface area contributed by atoms with Gasteiger partial charge in [-0.2, -0.15) is 0 Å². The molecule has 5 rings (SSSR count). The molecule has 0 saturated heterocycles. The van der Waals surface area contributed by atoms with Crippen molar-refractivity contribution in [3.05, 3.63) is 142 Å². The fourth-order valence-electron chi connectivity index (χ4n) is 5.32. The zero-order valence-corrected chi connectivity index (χ0v) is 25.3. The normalized spacial score (nSPS) is 13.1. The highest BCUT2D eigenvalue weighted by atomic mass is 16.6. The third kappa shape index (κ3) is 6.97. The van der Waals surface area contributed by atoms with Crippen LogP contribution in [0.2, 0.25) is 0 Å². The summed E-state index contributed by atoms with van der Waals surface area (Å²) in [5, 5.41) is 0. The Labute approximate surface area is 258 Å². The zero-order chi connectivity index (χ0) is 31.1. The van der Waals surface area contributed by atoms with Gasteiger partial charge in [0.25, 0.3) is 0 Å². The molecule has 0 bridgehead atoms. The number of esters is 3. The largest absolute Gasteiger partial charge is 0.454 e. The highest BCUT2D eigenvalue weighted by Gasteiger charge is 2.32. The van der Waals surface area contributed by atoms with Gasteiger partial charge in [0.05, 0.1) is 16.7 Å². The molecular formula is C38H36O6. The summed E-state index contributed by atoms with van der Waals surface area (Å²) >= 11 is 0. The fourth-order valence-corrected chi connectivity index (χ4v) is 5.32. The molecule has 0 heterocycles. The van der Waals surface area contributed by atoms with E-state index in [9.17, 15) is 14.4 Å². The maximum absolute atomic E-state index is 13.5. The van der Waals surface area contributed by atoms with Crippen molar-refractivity contribution in [2.75, 3.05) is 0 Å². The minimum Gasteiger partial charge on any atom is -0.454 e. The smallest absolute Gasteiger partial charge is 0.343 e. The molecular weight excluding hydrogens is 552 g/mol. The Morgan fingerprint density at radius 2 is 1.14 bits per heavy atom. The van der Waals surface area contributed by atoms with Crippen molar-refractivity contribution in [2.24, 2.45) is 0 Å². The molecule has 1 aliphatic carbocycles. The van der Waals surface area contributed by atoms with Gasteiger partial charge in [-0.1, -0.05) is 79.1 Å². The van der Waals surface area contributed by atoms with E-state index in [0.717, 1.165) is 35.1 Å². The molecule has 0 radical (unpaired) electrons. The SMILES string of the molecule is CCCCC(OC(=O)c1ccccc1)c1cc(OC(=O)c2ccccc2)c2c(c1OC(=O)c1ccccc1)CC(C)=C(C)C2. The van der Waals surface area contributed by atoms with Crippen LogP contribution in [0.15, 0.2) is 108 Å². The van der Waals surface area contributed by atoms with E-state index in [0.29, 0.717) is 53.0 Å². The van der Waals surface area contributed by atoms with Crippen molar-refractivity contribution in [1.29, 1.82) is 0 Å². The molecule has 1 aliphatic rings. The second-order valence-corrected chi connectivity index (χ2v) is 11.1. The summed E-state index contributed by atoms with van der Waals surface area (Å²) in [5.74, 6) is -0.784. The summed E-state index contributed by atoms with van der Waals surface area (Å²) < 4.78 is 18.4. The second-order valence-electron chi connectivity index (χ2n) is 11.1. The predicted octanol–water partition coefficient (Wildman–Crippen LogP) is 8.65. The lowest BCUT2D eigenvalue weighted by molar-refractivity contribution is 0.0263.